The number of nitrogens with zero attached hydrogens (tertiary/aromatic N) is 3. The molecule has 6 heteroatoms. The molecule has 1 aromatic carbocycles. The molecule has 0 bridgehead atoms. The Hall–Kier alpha value is -1.46. The molecule has 4 nitrogen and oxygen atoms in total. The molecule has 19 heavy (non-hydrogen) atoms. The van der Waals surface area contributed by atoms with E-state index in [1.807, 2.05) is 6.92 Å². The summed E-state index contributed by atoms with van der Waals surface area (Å²) in [6, 6.07) is 4.03. The van der Waals surface area contributed by atoms with Crippen LogP contribution in [-0.4, -0.2) is 19.9 Å². The fourth-order valence-corrected chi connectivity index (χ4v) is 2.13. The van der Waals surface area contributed by atoms with Crippen LogP contribution in [0.4, 0.5) is 4.39 Å². The topological polar surface area (TPSA) is 50.9 Å². The molecule has 0 saturated carbocycles. The largest absolute Gasteiger partial charge is 0.388 e. The lowest BCUT2D eigenvalue weighted by atomic mass is 10.1. The van der Waals surface area contributed by atoms with Gasteiger partial charge in [-0.1, -0.05) is 18.5 Å². The molecule has 2 aromatic rings. The van der Waals surface area contributed by atoms with Gasteiger partial charge in [-0.05, 0) is 30.2 Å². The summed E-state index contributed by atoms with van der Waals surface area (Å²) in [4.78, 5) is 4.11. The molecular weight excluding hydrogens is 269 g/mol. The van der Waals surface area contributed by atoms with Gasteiger partial charge in [0.15, 0.2) is 0 Å². The lowest BCUT2D eigenvalue weighted by molar-refractivity contribution is 0.173. The van der Waals surface area contributed by atoms with Crippen LogP contribution in [0, 0.1) is 5.82 Å². The first-order valence-electron chi connectivity index (χ1n) is 6.11. The Labute approximate surface area is 115 Å². The highest BCUT2D eigenvalue weighted by molar-refractivity contribution is 6.30. The van der Waals surface area contributed by atoms with Crippen LogP contribution in [0.15, 0.2) is 24.5 Å². The predicted molar refractivity (Wildman–Crippen MR) is 70.4 cm³/mol. The zero-order valence-electron chi connectivity index (χ0n) is 10.6. The van der Waals surface area contributed by atoms with Gasteiger partial charge in [0, 0.05) is 18.0 Å². The van der Waals surface area contributed by atoms with E-state index in [2.05, 4.69) is 10.1 Å². The van der Waals surface area contributed by atoms with Crippen LogP contribution in [0.2, 0.25) is 5.02 Å². The van der Waals surface area contributed by atoms with Crippen molar-refractivity contribution in [2.75, 3.05) is 0 Å². The van der Waals surface area contributed by atoms with Crippen LogP contribution in [-0.2, 0) is 13.0 Å². The highest BCUT2D eigenvalue weighted by Crippen LogP contribution is 2.22. The van der Waals surface area contributed by atoms with E-state index >= 15 is 0 Å². The molecule has 0 radical (unpaired) electrons. The molecular formula is C13H15ClFN3O. The van der Waals surface area contributed by atoms with Gasteiger partial charge in [-0.3, -0.25) is 4.68 Å². The molecule has 1 N–H and O–H groups in total. The minimum Gasteiger partial charge on any atom is -0.388 e. The summed E-state index contributed by atoms with van der Waals surface area (Å²) in [6.07, 6.45) is 1.81. The second-order valence-corrected chi connectivity index (χ2v) is 4.76. The summed E-state index contributed by atoms with van der Waals surface area (Å²) in [5, 5.41) is 14.5. The van der Waals surface area contributed by atoms with Crippen molar-refractivity contribution in [3.05, 3.63) is 46.8 Å². The summed E-state index contributed by atoms with van der Waals surface area (Å²) in [5.41, 5.74) is 0.441. The molecule has 102 valence electrons. The molecule has 0 spiro atoms. The molecule has 0 fully saturated rings. The SMILES string of the molecule is CCCn1ncnc1CC(O)c1cc(F)cc(Cl)c1. The Morgan fingerprint density at radius 2 is 2.21 bits per heavy atom. The first-order valence-corrected chi connectivity index (χ1v) is 6.48. The van der Waals surface area contributed by atoms with E-state index in [0.29, 0.717) is 11.4 Å². The van der Waals surface area contributed by atoms with E-state index in [0.717, 1.165) is 13.0 Å². The van der Waals surface area contributed by atoms with Crippen molar-refractivity contribution in [2.45, 2.75) is 32.4 Å². The smallest absolute Gasteiger partial charge is 0.138 e. The van der Waals surface area contributed by atoms with E-state index in [1.54, 1.807) is 10.7 Å². The number of hydrogen-bond acceptors (Lipinski definition) is 3. The van der Waals surface area contributed by atoms with E-state index in [9.17, 15) is 9.50 Å². The van der Waals surface area contributed by atoms with Crippen LogP contribution < -0.4 is 0 Å². The van der Waals surface area contributed by atoms with Crippen molar-refractivity contribution in [3.63, 3.8) is 0 Å². The lowest BCUT2D eigenvalue weighted by Crippen LogP contribution is -2.10. The number of aryl methyl sites for hydroxylation is 1. The minimum atomic E-state index is -0.854. The first-order chi connectivity index (χ1) is 9.10. The quantitative estimate of drug-likeness (QED) is 0.918. The molecule has 1 aromatic heterocycles. The Balaban J connectivity index is 2.15. The Kier molecular flexibility index (Phi) is 4.50. The second kappa shape index (κ2) is 6.12. The van der Waals surface area contributed by atoms with Gasteiger partial charge in [0.1, 0.15) is 18.0 Å². The summed E-state index contributed by atoms with van der Waals surface area (Å²) >= 11 is 5.77. The second-order valence-electron chi connectivity index (χ2n) is 4.32. The van der Waals surface area contributed by atoms with Gasteiger partial charge >= 0.3 is 0 Å². The standard InChI is InChI=1S/C13H15ClFN3O/c1-2-3-18-13(16-8-17-18)7-12(19)9-4-10(14)6-11(15)5-9/h4-6,8,12,19H,2-3,7H2,1H3. The van der Waals surface area contributed by atoms with Gasteiger partial charge in [0.05, 0.1) is 6.10 Å². The van der Waals surface area contributed by atoms with Gasteiger partial charge in [-0.2, -0.15) is 5.10 Å². The highest BCUT2D eigenvalue weighted by Gasteiger charge is 2.14. The maximum absolute atomic E-state index is 13.2. The van der Waals surface area contributed by atoms with Crippen molar-refractivity contribution in [1.29, 1.82) is 0 Å². The number of aromatic nitrogens is 3. The van der Waals surface area contributed by atoms with Crippen LogP contribution in [0.5, 0.6) is 0 Å². The average molecular weight is 284 g/mol. The summed E-state index contributed by atoms with van der Waals surface area (Å²) < 4.78 is 15.0. The number of halogens is 2. The van der Waals surface area contributed by atoms with Gasteiger partial charge < -0.3 is 5.11 Å². The Morgan fingerprint density at radius 1 is 1.42 bits per heavy atom. The van der Waals surface area contributed by atoms with E-state index < -0.39 is 11.9 Å². The van der Waals surface area contributed by atoms with Crippen LogP contribution in [0.3, 0.4) is 0 Å². The van der Waals surface area contributed by atoms with Crippen molar-refractivity contribution < 1.29 is 9.50 Å². The van der Waals surface area contributed by atoms with Crippen LogP contribution >= 0.6 is 11.6 Å². The monoisotopic (exact) mass is 283 g/mol. The predicted octanol–water partition coefficient (Wildman–Crippen LogP) is 2.76. The van der Waals surface area contributed by atoms with Gasteiger partial charge in [-0.15, -0.1) is 0 Å². The van der Waals surface area contributed by atoms with E-state index in [4.69, 9.17) is 11.6 Å². The van der Waals surface area contributed by atoms with Crippen molar-refractivity contribution in [1.82, 2.24) is 14.8 Å². The molecule has 1 atom stereocenters. The molecule has 0 saturated heterocycles. The number of aliphatic hydroxyl groups excluding tert-OH is 1. The third-order valence-electron chi connectivity index (χ3n) is 2.78. The molecule has 2 rings (SSSR count). The molecule has 1 unspecified atom stereocenters. The average Bonchev–Trinajstić information content (AvgIpc) is 2.76. The molecule has 0 aliphatic carbocycles. The van der Waals surface area contributed by atoms with Crippen molar-refractivity contribution in [2.24, 2.45) is 0 Å². The molecule has 0 aliphatic rings. The van der Waals surface area contributed by atoms with E-state index in [1.165, 1.54) is 18.5 Å². The molecule has 0 aliphatic heterocycles. The van der Waals surface area contributed by atoms with E-state index in [-0.39, 0.29) is 11.4 Å². The zero-order chi connectivity index (χ0) is 13.8. The highest BCUT2D eigenvalue weighted by atomic mass is 35.5. The molecule has 0 amide bonds. The normalized spacial score (nSPS) is 12.6. The number of rotatable bonds is 5. The van der Waals surface area contributed by atoms with Gasteiger partial charge in [0.2, 0.25) is 0 Å². The summed E-state index contributed by atoms with van der Waals surface area (Å²) in [5.74, 6) is 0.214. The minimum absolute atomic E-state index is 0.268. The fraction of sp³-hybridized carbons (Fsp3) is 0.385. The van der Waals surface area contributed by atoms with Gasteiger partial charge in [-0.25, -0.2) is 9.37 Å². The number of aliphatic hydroxyl groups is 1. The lowest BCUT2D eigenvalue weighted by Gasteiger charge is -2.12. The third-order valence-corrected chi connectivity index (χ3v) is 2.99. The molecule has 1 heterocycles. The third kappa shape index (κ3) is 3.52. The summed E-state index contributed by atoms with van der Waals surface area (Å²) in [7, 11) is 0. The number of hydrogen-bond donors (Lipinski definition) is 1. The zero-order valence-corrected chi connectivity index (χ0v) is 11.3. The maximum Gasteiger partial charge on any atom is 0.138 e. The van der Waals surface area contributed by atoms with Crippen molar-refractivity contribution >= 4 is 11.6 Å². The van der Waals surface area contributed by atoms with Gasteiger partial charge in [0.25, 0.3) is 0 Å². The Bertz CT molecular complexity index is 538. The van der Waals surface area contributed by atoms with Crippen LogP contribution in [0.1, 0.15) is 30.8 Å². The van der Waals surface area contributed by atoms with Crippen LogP contribution in [0.25, 0.3) is 0 Å². The van der Waals surface area contributed by atoms with Crippen molar-refractivity contribution in [3.8, 4) is 0 Å². The first kappa shape index (κ1) is 14.0. The Morgan fingerprint density at radius 3 is 2.89 bits per heavy atom. The summed E-state index contributed by atoms with van der Waals surface area (Å²) in [6.45, 7) is 2.78. The fourth-order valence-electron chi connectivity index (χ4n) is 1.90. The number of benzene rings is 1. The maximum atomic E-state index is 13.2.